The van der Waals surface area contributed by atoms with E-state index in [9.17, 15) is 22.8 Å². The van der Waals surface area contributed by atoms with E-state index in [-0.39, 0.29) is 31.0 Å². The lowest BCUT2D eigenvalue weighted by molar-refractivity contribution is -0.137. The molecule has 9 heteroatoms. The smallest absolute Gasteiger partial charge is 0.380 e. The third kappa shape index (κ3) is 5.94. The summed E-state index contributed by atoms with van der Waals surface area (Å²) in [6.07, 6.45) is -4.57. The van der Waals surface area contributed by atoms with Gasteiger partial charge in [-0.05, 0) is 55.8 Å². The van der Waals surface area contributed by atoms with Crippen LogP contribution < -0.4 is 5.56 Å². The maximum Gasteiger partial charge on any atom is 0.416 e. The first-order valence-corrected chi connectivity index (χ1v) is 12.3. The van der Waals surface area contributed by atoms with Crippen LogP contribution in [-0.2, 0) is 22.1 Å². The van der Waals surface area contributed by atoms with Crippen LogP contribution in [0.3, 0.4) is 0 Å². The van der Waals surface area contributed by atoms with E-state index in [1.165, 1.54) is 16.7 Å². The summed E-state index contributed by atoms with van der Waals surface area (Å²) >= 11 is 0. The number of fused-ring (bicyclic) bond motifs is 1. The quantitative estimate of drug-likeness (QED) is 0.269. The molecule has 4 rings (SSSR count). The van der Waals surface area contributed by atoms with E-state index >= 15 is 0 Å². The Morgan fingerprint density at radius 3 is 2.32 bits per heavy atom. The van der Waals surface area contributed by atoms with Crippen molar-refractivity contribution in [3.8, 4) is 5.69 Å². The SMILES string of the molecule is CCOCCN(C(=O)Cc1ccc(C(F)(F)F)cc1)C(C)c1nc2ccccc2c(=O)n1-c1ccccc1. The molecule has 0 fully saturated rings. The molecule has 0 spiro atoms. The van der Waals surface area contributed by atoms with Crippen LogP contribution in [0.1, 0.15) is 36.8 Å². The number of para-hydroxylation sites is 2. The second kappa shape index (κ2) is 11.6. The van der Waals surface area contributed by atoms with Crippen molar-refractivity contribution in [3.63, 3.8) is 0 Å². The summed E-state index contributed by atoms with van der Waals surface area (Å²) in [5, 5.41) is 0.448. The van der Waals surface area contributed by atoms with Gasteiger partial charge in [-0.3, -0.25) is 14.2 Å². The standard InChI is InChI=1S/C29H28F3N3O3/c1-3-38-18-17-34(26(36)19-21-13-15-22(16-14-21)29(30,31)32)20(2)27-33-25-12-8-7-11-24(25)28(37)35(27)23-9-5-4-6-10-23/h4-16,20H,3,17-19H2,1-2H3. The highest BCUT2D eigenvalue weighted by Gasteiger charge is 2.31. The predicted molar refractivity (Wildman–Crippen MR) is 139 cm³/mol. The minimum Gasteiger partial charge on any atom is -0.380 e. The third-order valence-corrected chi connectivity index (χ3v) is 6.29. The van der Waals surface area contributed by atoms with Gasteiger partial charge in [0.05, 0.1) is 41.2 Å². The highest BCUT2D eigenvalue weighted by atomic mass is 19.4. The summed E-state index contributed by atoms with van der Waals surface area (Å²) in [5.74, 6) is 0.0520. The Labute approximate surface area is 218 Å². The van der Waals surface area contributed by atoms with Crippen molar-refractivity contribution in [2.24, 2.45) is 0 Å². The summed E-state index contributed by atoms with van der Waals surface area (Å²) in [6.45, 7) is 4.55. The number of benzene rings is 3. The zero-order valence-corrected chi connectivity index (χ0v) is 21.1. The molecule has 1 atom stereocenters. The van der Waals surface area contributed by atoms with Crippen LogP contribution in [0.2, 0.25) is 0 Å². The average Bonchev–Trinajstić information content (AvgIpc) is 2.91. The summed E-state index contributed by atoms with van der Waals surface area (Å²) < 4.78 is 45.9. The number of halogens is 3. The van der Waals surface area contributed by atoms with E-state index in [1.807, 2.05) is 25.1 Å². The molecule has 0 saturated carbocycles. The lowest BCUT2D eigenvalue weighted by atomic mass is 10.1. The molecule has 0 radical (unpaired) electrons. The Morgan fingerprint density at radius 1 is 1.00 bits per heavy atom. The van der Waals surface area contributed by atoms with Gasteiger partial charge in [0, 0.05) is 13.2 Å². The van der Waals surface area contributed by atoms with Crippen molar-refractivity contribution in [3.05, 3.63) is 106 Å². The van der Waals surface area contributed by atoms with Gasteiger partial charge >= 0.3 is 6.18 Å². The Balaban J connectivity index is 1.74. The van der Waals surface area contributed by atoms with E-state index in [0.29, 0.717) is 34.6 Å². The van der Waals surface area contributed by atoms with Crippen molar-refractivity contribution in [1.29, 1.82) is 0 Å². The number of hydrogen-bond acceptors (Lipinski definition) is 4. The fourth-order valence-corrected chi connectivity index (χ4v) is 4.33. The molecule has 1 unspecified atom stereocenters. The molecule has 0 aliphatic carbocycles. The van der Waals surface area contributed by atoms with Gasteiger partial charge in [-0.25, -0.2) is 4.98 Å². The van der Waals surface area contributed by atoms with Gasteiger partial charge in [0.15, 0.2) is 0 Å². The molecule has 1 amide bonds. The maximum absolute atomic E-state index is 13.6. The molecule has 198 valence electrons. The molecule has 0 N–H and O–H groups in total. The monoisotopic (exact) mass is 523 g/mol. The highest BCUT2D eigenvalue weighted by Crippen LogP contribution is 2.29. The van der Waals surface area contributed by atoms with Crippen molar-refractivity contribution in [2.75, 3.05) is 19.8 Å². The van der Waals surface area contributed by atoms with Crippen LogP contribution in [0.15, 0.2) is 83.7 Å². The fraction of sp³-hybridized carbons (Fsp3) is 0.276. The van der Waals surface area contributed by atoms with Gasteiger partial charge in [0.25, 0.3) is 5.56 Å². The van der Waals surface area contributed by atoms with Crippen molar-refractivity contribution in [2.45, 2.75) is 32.5 Å². The molecule has 0 aliphatic heterocycles. The van der Waals surface area contributed by atoms with Gasteiger partial charge in [-0.2, -0.15) is 13.2 Å². The topological polar surface area (TPSA) is 64.4 Å². The fourth-order valence-electron chi connectivity index (χ4n) is 4.33. The first-order chi connectivity index (χ1) is 18.2. The second-order valence-corrected chi connectivity index (χ2v) is 8.79. The van der Waals surface area contributed by atoms with E-state index in [0.717, 1.165) is 12.1 Å². The molecule has 38 heavy (non-hydrogen) atoms. The number of ether oxygens (including phenoxy) is 1. The van der Waals surface area contributed by atoms with E-state index in [1.54, 1.807) is 48.2 Å². The van der Waals surface area contributed by atoms with E-state index in [2.05, 4.69) is 0 Å². The van der Waals surface area contributed by atoms with Gasteiger partial charge in [-0.1, -0.05) is 42.5 Å². The number of carbonyl (C=O) groups is 1. The first kappa shape index (κ1) is 27.1. The normalized spacial score (nSPS) is 12.4. The molecule has 4 aromatic rings. The number of aromatic nitrogens is 2. The largest absolute Gasteiger partial charge is 0.416 e. The predicted octanol–water partition coefficient (Wildman–Crippen LogP) is 5.57. The minimum absolute atomic E-state index is 0.113. The van der Waals surface area contributed by atoms with Gasteiger partial charge in [-0.15, -0.1) is 0 Å². The molecule has 0 aliphatic rings. The highest BCUT2D eigenvalue weighted by molar-refractivity contribution is 5.80. The minimum atomic E-state index is -4.45. The van der Waals surface area contributed by atoms with Crippen LogP contribution in [0.4, 0.5) is 13.2 Å². The summed E-state index contributed by atoms with van der Waals surface area (Å²) in [6, 6.07) is 20.0. The van der Waals surface area contributed by atoms with E-state index < -0.39 is 17.8 Å². The summed E-state index contributed by atoms with van der Waals surface area (Å²) in [7, 11) is 0. The van der Waals surface area contributed by atoms with Crippen LogP contribution in [0.5, 0.6) is 0 Å². The summed E-state index contributed by atoms with van der Waals surface area (Å²) in [4.78, 5) is 33.5. The average molecular weight is 524 g/mol. The van der Waals surface area contributed by atoms with Crippen LogP contribution in [0.25, 0.3) is 16.6 Å². The molecule has 0 saturated heterocycles. The zero-order chi connectivity index (χ0) is 27.3. The zero-order valence-electron chi connectivity index (χ0n) is 21.1. The molecular formula is C29H28F3N3O3. The second-order valence-electron chi connectivity index (χ2n) is 8.79. The first-order valence-electron chi connectivity index (χ1n) is 12.3. The molecular weight excluding hydrogens is 495 g/mol. The maximum atomic E-state index is 13.6. The number of amides is 1. The van der Waals surface area contributed by atoms with Crippen LogP contribution >= 0.6 is 0 Å². The molecule has 3 aromatic carbocycles. The number of rotatable bonds is 9. The van der Waals surface area contributed by atoms with Gasteiger partial charge < -0.3 is 9.64 Å². The third-order valence-electron chi connectivity index (χ3n) is 6.29. The number of alkyl halides is 3. The van der Waals surface area contributed by atoms with Crippen molar-refractivity contribution >= 4 is 16.8 Å². The van der Waals surface area contributed by atoms with Crippen LogP contribution in [0, 0.1) is 0 Å². The molecule has 0 bridgehead atoms. The van der Waals surface area contributed by atoms with Gasteiger partial charge in [0.1, 0.15) is 5.82 Å². The Hall–Kier alpha value is -3.98. The number of nitrogens with zero attached hydrogens (tertiary/aromatic N) is 3. The Kier molecular flexibility index (Phi) is 8.26. The molecule has 1 heterocycles. The Morgan fingerprint density at radius 2 is 1.66 bits per heavy atom. The van der Waals surface area contributed by atoms with Crippen LogP contribution in [-0.4, -0.2) is 40.1 Å². The lowest BCUT2D eigenvalue weighted by Crippen LogP contribution is -2.40. The Bertz CT molecular complexity index is 1450. The lowest BCUT2D eigenvalue weighted by Gasteiger charge is -2.30. The molecule has 1 aromatic heterocycles. The number of hydrogen-bond donors (Lipinski definition) is 0. The number of carbonyl (C=O) groups excluding carboxylic acids is 1. The summed E-state index contributed by atoms with van der Waals surface area (Å²) in [5.41, 5.74) is 0.527. The molecule has 6 nitrogen and oxygen atoms in total. The van der Waals surface area contributed by atoms with Gasteiger partial charge in [0.2, 0.25) is 5.91 Å². The van der Waals surface area contributed by atoms with E-state index in [4.69, 9.17) is 9.72 Å². The van der Waals surface area contributed by atoms with Crippen molar-refractivity contribution < 1.29 is 22.7 Å². The van der Waals surface area contributed by atoms with Crippen molar-refractivity contribution in [1.82, 2.24) is 14.5 Å².